The van der Waals surface area contributed by atoms with Gasteiger partial charge in [0.2, 0.25) is 5.82 Å². The van der Waals surface area contributed by atoms with Gasteiger partial charge < -0.3 is 4.98 Å². The minimum absolute atomic E-state index is 0.383. The van der Waals surface area contributed by atoms with Crippen LogP contribution in [0.25, 0.3) is 5.69 Å². The number of H-pyrrole nitrogens is 1. The van der Waals surface area contributed by atoms with E-state index in [1.165, 1.54) is 0 Å². The van der Waals surface area contributed by atoms with Crippen molar-refractivity contribution in [2.45, 2.75) is 6.92 Å². The number of hydrogen-bond donors (Lipinski definition) is 1. The van der Waals surface area contributed by atoms with Gasteiger partial charge >= 0.3 is 5.69 Å². The van der Waals surface area contributed by atoms with Crippen molar-refractivity contribution >= 4 is 0 Å². The topological polar surface area (TPSA) is 54.9 Å². The zero-order chi connectivity index (χ0) is 11.7. The monoisotopic (exact) mass is 220 g/mol. The van der Waals surface area contributed by atoms with Gasteiger partial charge in [-0.1, -0.05) is 18.2 Å². The molecule has 1 N–H and O–H groups in total. The van der Waals surface area contributed by atoms with Gasteiger partial charge in [0.25, 0.3) is 5.56 Å². The molecule has 0 saturated carbocycles. The molecule has 0 aliphatic heterocycles. The highest BCUT2D eigenvalue weighted by Crippen LogP contribution is 2.08. The summed E-state index contributed by atoms with van der Waals surface area (Å²) in [4.78, 5) is 25.2. The number of rotatable bonds is 1. The quantitative estimate of drug-likeness (QED) is 0.778. The predicted octanol–water partition coefficient (Wildman–Crippen LogP) is 0.973. The highest BCUT2D eigenvalue weighted by Gasteiger charge is 2.09. The van der Waals surface area contributed by atoms with Gasteiger partial charge in [-0.25, -0.2) is 9.36 Å². The van der Waals surface area contributed by atoms with Gasteiger partial charge in [0, 0.05) is 6.20 Å². The second-order valence-electron chi connectivity index (χ2n) is 3.37. The zero-order valence-electron chi connectivity index (χ0n) is 8.53. The third-order valence-corrected chi connectivity index (χ3v) is 2.29. The van der Waals surface area contributed by atoms with Crippen molar-refractivity contribution in [3.05, 3.63) is 62.7 Å². The number of aryl methyl sites for hydroxylation is 1. The molecule has 1 aromatic carbocycles. The molecule has 0 atom stereocenters. The van der Waals surface area contributed by atoms with E-state index in [0.29, 0.717) is 5.69 Å². The van der Waals surface area contributed by atoms with E-state index in [2.05, 4.69) is 4.98 Å². The first kappa shape index (κ1) is 10.4. The van der Waals surface area contributed by atoms with Crippen molar-refractivity contribution < 1.29 is 4.39 Å². The summed E-state index contributed by atoms with van der Waals surface area (Å²) < 4.78 is 13.9. The van der Waals surface area contributed by atoms with Crippen LogP contribution in [0.4, 0.5) is 4.39 Å². The zero-order valence-corrected chi connectivity index (χ0v) is 8.53. The normalized spacial score (nSPS) is 10.4. The van der Waals surface area contributed by atoms with Gasteiger partial charge in [0.05, 0.1) is 5.69 Å². The first-order valence-corrected chi connectivity index (χ1v) is 4.67. The Kier molecular flexibility index (Phi) is 2.44. The number of hydrogen-bond acceptors (Lipinski definition) is 2. The van der Waals surface area contributed by atoms with E-state index in [1.807, 2.05) is 0 Å². The number of halogens is 1. The molecule has 4 nitrogen and oxygen atoms in total. The van der Waals surface area contributed by atoms with Crippen LogP contribution in [0.1, 0.15) is 5.56 Å². The van der Waals surface area contributed by atoms with Crippen molar-refractivity contribution in [2.24, 2.45) is 0 Å². The molecule has 0 saturated heterocycles. The van der Waals surface area contributed by atoms with Gasteiger partial charge in [-0.05, 0) is 18.6 Å². The van der Waals surface area contributed by atoms with Crippen LogP contribution in [0.15, 0.2) is 40.1 Å². The van der Waals surface area contributed by atoms with Gasteiger partial charge in [-0.15, -0.1) is 0 Å². The first-order valence-electron chi connectivity index (χ1n) is 4.67. The summed E-state index contributed by atoms with van der Waals surface area (Å²) in [6, 6.07) is 6.79. The van der Waals surface area contributed by atoms with E-state index in [9.17, 15) is 14.0 Å². The summed E-state index contributed by atoms with van der Waals surface area (Å²) in [6.07, 6.45) is 0.763. The average molecular weight is 220 g/mol. The lowest BCUT2D eigenvalue weighted by Crippen LogP contribution is -2.35. The summed E-state index contributed by atoms with van der Waals surface area (Å²) in [6.45, 7) is 1.74. The maximum absolute atomic E-state index is 13.1. The van der Waals surface area contributed by atoms with Crippen molar-refractivity contribution in [2.75, 3.05) is 0 Å². The van der Waals surface area contributed by atoms with Gasteiger partial charge in [-0.2, -0.15) is 4.39 Å². The van der Waals surface area contributed by atoms with E-state index < -0.39 is 17.1 Å². The fourth-order valence-electron chi connectivity index (χ4n) is 1.48. The van der Waals surface area contributed by atoms with Crippen LogP contribution < -0.4 is 11.2 Å². The van der Waals surface area contributed by atoms with Crippen molar-refractivity contribution in [3.63, 3.8) is 0 Å². The maximum atomic E-state index is 13.1. The number of nitrogens with one attached hydrogen (secondary N) is 1. The van der Waals surface area contributed by atoms with E-state index in [1.54, 1.807) is 31.2 Å². The minimum Gasteiger partial charge on any atom is -0.311 e. The van der Waals surface area contributed by atoms with E-state index in [0.717, 1.165) is 16.3 Å². The molecule has 0 spiro atoms. The van der Waals surface area contributed by atoms with Crippen molar-refractivity contribution in [1.29, 1.82) is 0 Å². The van der Waals surface area contributed by atoms with E-state index in [4.69, 9.17) is 0 Å². The third kappa shape index (κ3) is 1.56. The van der Waals surface area contributed by atoms with E-state index in [-0.39, 0.29) is 0 Å². The minimum atomic E-state index is -0.983. The Hall–Kier alpha value is -2.17. The molecule has 0 fully saturated rings. The first-order chi connectivity index (χ1) is 7.61. The highest BCUT2D eigenvalue weighted by molar-refractivity contribution is 5.39. The molecule has 1 heterocycles. The Labute approximate surface area is 90.0 Å². The molecule has 0 bridgehead atoms. The Morgan fingerprint density at radius 2 is 1.94 bits per heavy atom. The van der Waals surface area contributed by atoms with Crippen LogP contribution in [-0.2, 0) is 0 Å². The van der Waals surface area contributed by atoms with Crippen LogP contribution >= 0.6 is 0 Å². The molecule has 0 unspecified atom stereocenters. The summed E-state index contributed by atoms with van der Waals surface area (Å²) in [5.74, 6) is -0.983. The van der Waals surface area contributed by atoms with Crippen molar-refractivity contribution in [1.82, 2.24) is 9.55 Å². The fourth-order valence-corrected chi connectivity index (χ4v) is 1.48. The van der Waals surface area contributed by atoms with E-state index >= 15 is 0 Å². The van der Waals surface area contributed by atoms with Crippen LogP contribution in [0, 0.1) is 12.7 Å². The summed E-state index contributed by atoms with van der Waals surface area (Å²) >= 11 is 0. The van der Waals surface area contributed by atoms with Crippen LogP contribution in [0.3, 0.4) is 0 Å². The number of para-hydroxylation sites is 1. The van der Waals surface area contributed by atoms with Crippen LogP contribution in [0.2, 0.25) is 0 Å². The molecule has 1 aromatic heterocycles. The molecule has 2 aromatic rings. The molecule has 0 aliphatic carbocycles. The lowest BCUT2D eigenvalue weighted by Gasteiger charge is -2.06. The SMILES string of the molecule is Cc1ccccc1-n1c(=O)[nH]cc(F)c1=O. The number of nitrogens with zero attached hydrogens (tertiary/aromatic N) is 1. The summed E-state index contributed by atoms with van der Waals surface area (Å²) in [7, 11) is 0. The van der Waals surface area contributed by atoms with Gasteiger partial charge in [0.1, 0.15) is 0 Å². The molecule has 16 heavy (non-hydrogen) atoms. The summed E-state index contributed by atoms with van der Waals surface area (Å²) in [5, 5.41) is 0. The smallest absolute Gasteiger partial charge is 0.311 e. The number of benzene rings is 1. The fraction of sp³-hybridized carbons (Fsp3) is 0.0909. The highest BCUT2D eigenvalue weighted by atomic mass is 19.1. The van der Waals surface area contributed by atoms with Gasteiger partial charge in [-0.3, -0.25) is 4.79 Å². The standard InChI is InChI=1S/C11H9FN2O2/c1-7-4-2-3-5-9(7)14-10(15)8(12)6-13-11(14)16/h2-6H,1H3,(H,13,16). The molecule has 2 rings (SSSR count). The molecule has 0 aliphatic rings. The largest absolute Gasteiger partial charge is 0.333 e. The van der Waals surface area contributed by atoms with Crippen molar-refractivity contribution in [3.8, 4) is 5.69 Å². The molecule has 5 heteroatoms. The Morgan fingerprint density at radius 1 is 1.25 bits per heavy atom. The Morgan fingerprint density at radius 3 is 2.62 bits per heavy atom. The third-order valence-electron chi connectivity index (χ3n) is 2.29. The lowest BCUT2D eigenvalue weighted by molar-refractivity contribution is 0.583. The maximum Gasteiger partial charge on any atom is 0.333 e. The Bertz CT molecular complexity index is 643. The molecule has 82 valence electrons. The predicted molar refractivity (Wildman–Crippen MR) is 57.4 cm³/mol. The van der Waals surface area contributed by atoms with Crippen LogP contribution in [-0.4, -0.2) is 9.55 Å². The second-order valence-corrected chi connectivity index (χ2v) is 3.37. The number of aromatic amines is 1. The number of aromatic nitrogens is 2. The average Bonchev–Trinajstić information content (AvgIpc) is 2.27. The van der Waals surface area contributed by atoms with Gasteiger partial charge in [0.15, 0.2) is 0 Å². The molecule has 0 radical (unpaired) electrons. The molecular weight excluding hydrogens is 211 g/mol. The Balaban J connectivity index is 2.85. The molecule has 0 amide bonds. The lowest BCUT2D eigenvalue weighted by atomic mass is 10.2. The summed E-state index contributed by atoms with van der Waals surface area (Å²) in [5.41, 5.74) is -0.493. The molecular formula is C11H9FN2O2. The second kappa shape index (κ2) is 3.77. The van der Waals surface area contributed by atoms with Crippen LogP contribution in [0.5, 0.6) is 0 Å².